The Morgan fingerprint density at radius 1 is 1.28 bits per heavy atom. The number of thiazole rings is 1. The van der Waals surface area contributed by atoms with Crippen molar-refractivity contribution in [2.75, 3.05) is 24.7 Å². The first-order valence-electron chi connectivity index (χ1n) is 12.8. The Morgan fingerprint density at radius 3 is 2.83 bits per heavy atom. The van der Waals surface area contributed by atoms with Gasteiger partial charge in [0, 0.05) is 36.2 Å². The lowest BCUT2D eigenvalue weighted by molar-refractivity contribution is 0.0156. The summed E-state index contributed by atoms with van der Waals surface area (Å²) in [6.45, 7) is 14.3. The third-order valence-corrected chi connectivity index (χ3v) is 8.06. The molecule has 1 amide bonds. The molecular formula is C27H35N5O3S. The Balaban J connectivity index is 1.55. The van der Waals surface area contributed by atoms with E-state index in [-0.39, 0.29) is 17.7 Å². The van der Waals surface area contributed by atoms with Crippen molar-refractivity contribution in [3.63, 3.8) is 0 Å². The number of benzene rings is 1. The maximum absolute atomic E-state index is 12.7. The van der Waals surface area contributed by atoms with Crippen LogP contribution in [0.5, 0.6) is 5.75 Å². The van der Waals surface area contributed by atoms with Crippen LogP contribution in [-0.2, 0) is 11.2 Å². The van der Waals surface area contributed by atoms with Gasteiger partial charge in [-0.1, -0.05) is 31.3 Å². The average molecular weight is 510 g/mol. The van der Waals surface area contributed by atoms with Crippen LogP contribution in [0.25, 0.3) is 11.1 Å². The molecule has 2 atom stereocenters. The van der Waals surface area contributed by atoms with Crippen molar-refractivity contribution >= 4 is 28.1 Å². The number of aromatic nitrogens is 3. The Hall–Kier alpha value is -2.91. The van der Waals surface area contributed by atoms with E-state index in [1.165, 1.54) is 11.3 Å². The minimum absolute atomic E-state index is 0.0405. The molecule has 5 rings (SSSR count). The highest BCUT2D eigenvalue weighted by molar-refractivity contribution is 7.17. The SMILES string of the molecule is CCOC(C)n1cc(-c2ccc3c(c2)N(c2nc4c(s2)C(=O)NC(C)(C)C4)CCO3)c(C(C)CC)n1. The van der Waals surface area contributed by atoms with Crippen LogP contribution >= 0.6 is 11.3 Å². The smallest absolute Gasteiger partial charge is 0.263 e. The molecule has 9 heteroatoms. The fourth-order valence-electron chi connectivity index (χ4n) is 4.85. The quantitative estimate of drug-likeness (QED) is 0.442. The third kappa shape index (κ3) is 4.50. The number of hydrogen-bond donors (Lipinski definition) is 1. The molecule has 0 saturated carbocycles. The number of ether oxygens (including phenoxy) is 2. The van der Waals surface area contributed by atoms with Gasteiger partial charge in [-0.25, -0.2) is 9.67 Å². The fourth-order valence-corrected chi connectivity index (χ4v) is 5.87. The molecule has 36 heavy (non-hydrogen) atoms. The number of carbonyl (C=O) groups excluding carboxylic acids is 1. The lowest BCUT2D eigenvalue weighted by Gasteiger charge is -2.30. The molecule has 0 fully saturated rings. The molecular weight excluding hydrogens is 474 g/mol. The Bertz CT molecular complexity index is 1280. The summed E-state index contributed by atoms with van der Waals surface area (Å²) in [6, 6.07) is 6.30. The monoisotopic (exact) mass is 509 g/mol. The molecule has 8 nitrogen and oxygen atoms in total. The summed E-state index contributed by atoms with van der Waals surface area (Å²) < 4.78 is 13.7. The van der Waals surface area contributed by atoms with Gasteiger partial charge in [0.15, 0.2) is 5.13 Å². The molecule has 2 aromatic heterocycles. The minimum Gasteiger partial charge on any atom is -0.490 e. The summed E-state index contributed by atoms with van der Waals surface area (Å²) in [6.07, 6.45) is 3.67. The van der Waals surface area contributed by atoms with Gasteiger partial charge in [0.25, 0.3) is 5.91 Å². The lowest BCUT2D eigenvalue weighted by atomic mass is 9.94. The molecule has 0 saturated heterocycles. The van der Waals surface area contributed by atoms with E-state index in [0.717, 1.165) is 51.9 Å². The largest absolute Gasteiger partial charge is 0.490 e. The number of nitrogens with zero attached hydrogens (tertiary/aromatic N) is 4. The van der Waals surface area contributed by atoms with Crippen molar-refractivity contribution in [2.45, 2.75) is 72.1 Å². The van der Waals surface area contributed by atoms with E-state index in [0.29, 0.717) is 30.6 Å². The zero-order valence-electron chi connectivity index (χ0n) is 21.9. The first-order valence-corrected chi connectivity index (χ1v) is 13.6. The Labute approximate surface area is 216 Å². The van der Waals surface area contributed by atoms with Gasteiger partial charge in [-0.2, -0.15) is 5.10 Å². The number of anilines is 2. The fraction of sp³-hybridized carbons (Fsp3) is 0.519. The van der Waals surface area contributed by atoms with Crippen LogP contribution in [0.15, 0.2) is 24.4 Å². The predicted octanol–water partition coefficient (Wildman–Crippen LogP) is 5.67. The van der Waals surface area contributed by atoms with E-state index in [4.69, 9.17) is 19.6 Å². The van der Waals surface area contributed by atoms with Gasteiger partial charge in [-0.3, -0.25) is 4.79 Å². The predicted molar refractivity (Wildman–Crippen MR) is 143 cm³/mol. The molecule has 4 heterocycles. The molecule has 192 valence electrons. The van der Waals surface area contributed by atoms with Crippen LogP contribution in [0.4, 0.5) is 10.8 Å². The number of carbonyl (C=O) groups is 1. The second-order valence-corrected chi connectivity index (χ2v) is 11.2. The van der Waals surface area contributed by atoms with Crippen LogP contribution < -0.4 is 15.0 Å². The van der Waals surface area contributed by atoms with Gasteiger partial charge >= 0.3 is 0 Å². The summed E-state index contributed by atoms with van der Waals surface area (Å²) in [5, 5.41) is 8.84. The molecule has 0 radical (unpaired) electrons. The molecule has 2 unspecified atom stereocenters. The van der Waals surface area contributed by atoms with Crippen LogP contribution in [0.3, 0.4) is 0 Å². The van der Waals surface area contributed by atoms with E-state index in [1.54, 1.807) is 0 Å². The molecule has 2 aliphatic heterocycles. The highest BCUT2D eigenvalue weighted by atomic mass is 32.1. The second kappa shape index (κ2) is 9.52. The normalized spacial score (nSPS) is 18.2. The number of amides is 1. The van der Waals surface area contributed by atoms with Gasteiger partial charge < -0.3 is 19.7 Å². The van der Waals surface area contributed by atoms with Crippen molar-refractivity contribution in [3.05, 3.63) is 40.7 Å². The second-order valence-electron chi connectivity index (χ2n) is 10.2. The number of nitrogens with one attached hydrogen (secondary N) is 1. The van der Waals surface area contributed by atoms with E-state index in [2.05, 4.69) is 42.4 Å². The van der Waals surface area contributed by atoms with E-state index < -0.39 is 0 Å². The molecule has 0 spiro atoms. The van der Waals surface area contributed by atoms with Gasteiger partial charge in [-0.15, -0.1) is 0 Å². The van der Waals surface area contributed by atoms with Gasteiger partial charge in [0.05, 0.1) is 23.6 Å². The van der Waals surface area contributed by atoms with E-state index in [1.807, 2.05) is 38.4 Å². The molecule has 0 bridgehead atoms. The third-order valence-electron chi connectivity index (χ3n) is 6.94. The zero-order valence-corrected chi connectivity index (χ0v) is 22.7. The van der Waals surface area contributed by atoms with Crippen LogP contribution in [0.2, 0.25) is 0 Å². The van der Waals surface area contributed by atoms with Crippen molar-refractivity contribution in [1.29, 1.82) is 0 Å². The Morgan fingerprint density at radius 2 is 2.08 bits per heavy atom. The zero-order chi connectivity index (χ0) is 25.6. The van der Waals surface area contributed by atoms with Crippen LogP contribution in [0.1, 0.15) is 81.2 Å². The van der Waals surface area contributed by atoms with Gasteiger partial charge in [-0.05, 0) is 51.8 Å². The maximum Gasteiger partial charge on any atom is 0.263 e. The molecule has 0 aliphatic carbocycles. The van der Waals surface area contributed by atoms with Crippen molar-refractivity contribution in [2.24, 2.45) is 0 Å². The van der Waals surface area contributed by atoms with Gasteiger partial charge in [0.1, 0.15) is 23.5 Å². The summed E-state index contributed by atoms with van der Waals surface area (Å²) in [7, 11) is 0. The highest BCUT2D eigenvalue weighted by Crippen LogP contribution is 2.43. The molecule has 3 aromatic rings. The molecule has 1 N–H and O–H groups in total. The average Bonchev–Trinajstić information content (AvgIpc) is 3.47. The first kappa shape index (κ1) is 24.8. The van der Waals surface area contributed by atoms with E-state index in [9.17, 15) is 4.79 Å². The number of fused-ring (bicyclic) bond motifs is 2. The summed E-state index contributed by atoms with van der Waals surface area (Å²) in [5.74, 6) is 1.09. The lowest BCUT2D eigenvalue weighted by Crippen LogP contribution is -2.48. The standard InChI is InChI=1S/C27H35N5O3S/c1-7-16(3)23-19(15-32(30-23)17(4)34-8-2)18-9-10-22-21(13-18)31(11-12-35-22)26-28-20-14-27(5,6)29-25(33)24(20)36-26/h9-10,13,15-17H,7-8,11-12,14H2,1-6H3,(H,29,33). The molecule has 1 aromatic carbocycles. The first-order chi connectivity index (χ1) is 17.2. The summed E-state index contributed by atoms with van der Waals surface area (Å²) in [4.78, 5) is 20.5. The van der Waals surface area contributed by atoms with Crippen LogP contribution in [-0.4, -0.2) is 46.0 Å². The minimum atomic E-state index is -0.295. The maximum atomic E-state index is 12.7. The number of rotatable bonds is 7. The highest BCUT2D eigenvalue weighted by Gasteiger charge is 2.35. The Kier molecular flexibility index (Phi) is 6.55. The molecule has 2 aliphatic rings. The summed E-state index contributed by atoms with van der Waals surface area (Å²) >= 11 is 1.46. The van der Waals surface area contributed by atoms with Crippen LogP contribution in [0, 0.1) is 0 Å². The van der Waals surface area contributed by atoms with Crippen molar-refractivity contribution < 1.29 is 14.3 Å². The topological polar surface area (TPSA) is 81.5 Å². The van der Waals surface area contributed by atoms with Crippen molar-refractivity contribution in [1.82, 2.24) is 20.1 Å². The summed E-state index contributed by atoms with van der Waals surface area (Å²) in [5.41, 5.74) is 4.79. The van der Waals surface area contributed by atoms with Gasteiger partial charge in [0.2, 0.25) is 0 Å². The van der Waals surface area contributed by atoms with Crippen molar-refractivity contribution in [3.8, 4) is 16.9 Å². The number of hydrogen-bond acceptors (Lipinski definition) is 7. The van der Waals surface area contributed by atoms with E-state index >= 15 is 0 Å².